The van der Waals surface area contributed by atoms with Crippen LogP contribution in [0.15, 0.2) is 72.0 Å². The maximum atomic E-state index is 11.5. The largest absolute Gasteiger partial charge is 0.411 e. The van der Waals surface area contributed by atoms with E-state index in [4.69, 9.17) is 5.73 Å². The van der Waals surface area contributed by atoms with Crippen LogP contribution in [0.3, 0.4) is 0 Å². The van der Waals surface area contributed by atoms with Gasteiger partial charge < -0.3 is 15.8 Å². The number of aryl methyl sites for hydroxylation is 2. The van der Waals surface area contributed by atoms with Gasteiger partial charge in [-0.2, -0.15) is 0 Å². The van der Waals surface area contributed by atoms with Crippen molar-refractivity contribution in [1.82, 2.24) is 4.98 Å². The zero-order chi connectivity index (χ0) is 24.1. The molecule has 176 valence electrons. The van der Waals surface area contributed by atoms with Crippen LogP contribution in [0.2, 0.25) is 0 Å². The predicted molar refractivity (Wildman–Crippen MR) is 136 cm³/mol. The number of rotatable bonds is 7. The molecule has 1 aliphatic rings. The van der Waals surface area contributed by atoms with Crippen LogP contribution >= 0.6 is 0 Å². The number of primary amides is 1. The highest BCUT2D eigenvalue weighted by Gasteiger charge is 2.24. The number of hydrogen-bond acceptors (Lipinski definition) is 5. The summed E-state index contributed by atoms with van der Waals surface area (Å²) in [5.74, 6) is -0.175. The number of benzene rings is 2. The summed E-state index contributed by atoms with van der Waals surface area (Å²) >= 11 is 0. The van der Waals surface area contributed by atoms with E-state index in [1.54, 1.807) is 6.20 Å². The van der Waals surface area contributed by atoms with E-state index >= 15 is 0 Å². The van der Waals surface area contributed by atoms with Crippen molar-refractivity contribution >= 4 is 17.3 Å². The monoisotopic (exact) mass is 456 g/mol. The Bertz CT molecular complexity index is 1170. The van der Waals surface area contributed by atoms with Gasteiger partial charge in [-0.05, 0) is 67.6 Å². The Morgan fingerprint density at radius 1 is 1.12 bits per heavy atom. The van der Waals surface area contributed by atoms with Gasteiger partial charge in [0, 0.05) is 54.5 Å². The second kappa shape index (κ2) is 10.5. The smallest absolute Gasteiger partial charge is 0.220 e. The Balaban J connectivity index is 1.61. The number of nitrogens with zero attached hydrogens (tertiary/aromatic N) is 3. The fraction of sp³-hybridized carbons (Fsp3) is 0.321. The third kappa shape index (κ3) is 5.28. The lowest BCUT2D eigenvalue weighted by Crippen LogP contribution is -2.38. The van der Waals surface area contributed by atoms with Crippen LogP contribution in [-0.2, 0) is 4.79 Å². The first-order valence-electron chi connectivity index (χ1n) is 11.8. The summed E-state index contributed by atoms with van der Waals surface area (Å²) < 4.78 is 0. The fourth-order valence-electron chi connectivity index (χ4n) is 4.86. The lowest BCUT2D eigenvalue weighted by molar-refractivity contribution is -0.122. The van der Waals surface area contributed by atoms with Crippen LogP contribution in [0.5, 0.6) is 0 Å². The number of piperidine rings is 1. The van der Waals surface area contributed by atoms with Gasteiger partial charge in [0.2, 0.25) is 5.91 Å². The minimum Gasteiger partial charge on any atom is -0.411 e. The second-order valence-corrected chi connectivity index (χ2v) is 9.10. The van der Waals surface area contributed by atoms with E-state index < -0.39 is 0 Å². The molecular formula is C28H32N4O2. The van der Waals surface area contributed by atoms with Crippen molar-refractivity contribution in [3.05, 3.63) is 94.8 Å². The highest BCUT2D eigenvalue weighted by molar-refractivity contribution is 6.01. The molecule has 1 aromatic heterocycles. The number of nitrogens with two attached hydrogens (primary N) is 1. The first kappa shape index (κ1) is 23.5. The second-order valence-electron chi connectivity index (χ2n) is 9.10. The maximum absolute atomic E-state index is 11.5. The molecule has 4 rings (SSSR count). The van der Waals surface area contributed by atoms with Crippen molar-refractivity contribution in [1.29, 1.82) is 0 Å². The molecular weight excluding hydrogens is 424 g/mol. The Morgan fingerprint density at radius 3 is 2.44 bits per heavy atom. The molecule has 3 aromatic rings. The minimum atomic E-state index is -0.193. The van der Waals surface area contributed by atoms with Crippen molar-refractivity contribution < 1.29 is 10.0 Å². The summed E-state index contributed by atoms with van der Waals surface area (Å²) in [6, 6.07) is 20.8. The number of amides is 1. The van der Waals surface area contributed by atoms with Crippen LogP contribution < -0.4 is 10.6 Å². The van der Waals surface area contributed by atoms with Gasteiger partial charge in [-0.25, -0.2) is 0 Å². The number of carbonyl (C=O) groups is 1. The highest BCUT2D eigenvalue weighted by atomic mass is 16.4. The molecule has 2 heterocycles. The van der Waals surface area contributed by atoms with Gasteiger partial charge in [0.1, 0.15) is 0 Å². The normalized spacial score (nSPS) is 15.8. The zero-order valence-electron chi connectivity index (χ0n) is 19.8. The molecule has 2 aromatic carbocycles. The molecule has 1 atom stereocenters. The number of oxime groups is 1. The predicted octanol–water partition coefficient (Wildman–Crippen LogP) is 4.80. The van der Waals surface area contributed by atoms with E-state index in [0.717, 1.165) is 48.4 Å². The van der Waals surface area contributed by atoms with Gasteiger partial charge in [-0.1, -0.05) is 41.6 Å². The zero-order valence-corrected chi connectivity index (χ0v) is 19.8. The van der Waals surface area contributed by atoms with Crippen LogP contribution in [0.4, 0.5) is 5.69 Å². The summed E-state index contributed by atoms with van der Waals surface area (Å²) in [6.07, 6.45) is 3.90. The molecule has 34 heavy (non-hydrogen) atoms. The molecule has 6 nitrogen and oxygen atoms in total. The van der Waals surface area contributed by atoms with E-state index in [1.165, 1.54) is 11.1 Å². The topological polar surface area (TPSA) is 91.8 Å². The molecule has 0 bridgehead atoms. The van der Waals surface area contributed by atoms with Gasteiger partial charge in [-0.15, -0.1) is 0 Å². The molecule has 0 unspecified atom stereocenters. The number of anilines is 1. The fourth-order valence-corrected chi connectivity index (χ4v) is 4.86. The van der Waals surface area contributed by atoms with Crippen molar-refractivity contribution in [2.45, 2.75) is 39.0 Å². The van der Waals surface area contributed by atoms with E-state index in [2.05, 4.69) is 64.4 Å². The summed E-state index contributed by atoms with van der Waals surface area (Å²) in [7, 11) is 0. The third-order valence-corrected chi connectivity index (χ3v) is 6.87. The molecule has 1 amide bonds. The van der Waals surface area contributed by atoms with Gasteiger partial charge in [0.05, 0.1) is 5.71 Å². The highest BCUT2D eigenvalue weighted by Crippen LogP contribution is 2.33. The molecule has 1 saturated heterocycles. The van der Waals surface area contributed by atoms with Crippen LogP contribution in [0.1, 0.15) is 53.1 Å². The quantitative estimate of drug-likeness (QED) is 0.303. The van der Waals surface area contributed by atoms with Crippen LogP contribution in [0, 0.1) is 19.8 Å². The van der Waals surface area contributed by atoms with Gasteiger partial charge in [0.25, 0.3) is 0 Å². The van der Waals surface area contributed by atoms with Crippen LogP contribution in [0.25, 0.3) is 0 Å². The minimum absolute atomic E-state index is 0.0195. The Hall–Kier alpha value is -3.67. The van der Waals surface area contributed by atoms with E-state index in [0.29, 0.717) is 12.1 Å². The summed E-state index contributed by atoms with van der Waals surface area (Å²) in [5.41, 5.74) is 12.6. The first-order valence-corrected chi connectivity index (χ1v) is 11.8. The lowest BCUT2D eigenvalue weighted by Gasteiger charge is -2.32. The van der Waals surface area contributed by atoms with E-state index in [9.17, 15) is 10.0 Å². The van der Waals surface area contributed by atoms with E-state index in [1.807, 2.05) is 25.1 Å². The van der Waals surface area contributed by atoms with Gasteiger partial charge >= 0.3 is 0 Å². The number of aromatic nitrogens is 1. The Kier molecular flexibility index (Phi) is 7.26. The average molecular weight is 457 g/mol. The Morgan fingerprint density at radius 2 is 1.82 bits per heavy atom. The lowest BCUT2D eigenvalue weighted by atomic mass is 9.83. The molecule has 0 saturated carbocycles. The molecule has 3 N–H and O–H groups in total. The first-order chi connectivity index (χ1) is 16.5. The van der Waals surface area contributed by atoms with Gasteiger partial charge in [-0.3, -0.25) is 9.78 Å². The molecule has 0 aliphatic carbocycles. The van der Waals surface area contributed by atoms with Crippen molar-refractivity contribution in [3.8, 4) is 0 Å². The number of hydrogen-bond donors (Lipinski definition) is 2. The summed E-state index contributed by atoms with van der Waals surface area (Å²) in [5, 5.41) is 13.6. The SMILES string of the molecule is Cc1cc(/C(C[C@H](c2ccc(N3CCC(C(N)=O)CC3)cc2)c2ccccc2C)=N\O)ccn1. The van der Waals surface area contributed by atoms with E-state index in [-0.39, 0.29) is 17.7 Å². The Labute approximate surface area is 201 Å². The molecule has 0 radical (unpaired) electrons. The summed E-state index contributed by atoms with van der Waals surface area (Å²) in [6.45, 7) is 5.71. The molecule has 6 heteroatoms. The van der Waals surface area contributed by atoms with Crippen molar-refractivity contribution in [2.24, 2.45) is 16.8 Å². The maximum Gasteiger partial charge on any atom is 0.220 e. The third-order valence-electron chi connectivity index (χ3n) is 6.87. The van der Waals surface area contributed by atoms with Crippen LogP contribution in [-0.4, -0.2) is 34.9 Å². The number of pyridine rings is 1. The average Bonchev–Trinajstić information content (AvgIpc) is 2.86. The molecule has 1 fully saturated rings. The van der Waals surface area contributed by atoms with Crippen molar-refractivity contribution in [2.75, 3.05) is 18.0 Å². The van der Waals surface area contributed by atoms with Crippen molar-refractivity contribution in [3.63, 3.8) is 0 Å². The number of carbonyl (C=O) groups excluding carboxylic acids is 1. The molecule has 1 aliphatic heterocycles. The summed E-state index contributed by atoms with van der Waals surface area (Å²) in [4.78, 5) is 18.1. The molecule has 0 spiro atoms. The van der Waals surface area contributed by atoms with Gasteiger partial charge in [0.15, 0.2) is 0 Å². The standard InChI is InChI=1S/C28H32N4O2/c1-19-5-3-4-6-25(19)26(18-27(31-34)23-11-14-30-20(2)17-23)21-7-9-24(10-8-21)32-15-12-22(13-16-32)28(29)33/h3-11,14,17,22,26,34H,12-13,15-16,18H2,1-2H3,(H2,29,33)/b31-27-/t26-/m1/s1.